The maximum atomic E-state index is 12.6. The minimum atomic E-state index is -0.896. The second-order valence-electron chi connectivity index (χ2n) is 7.58. The van der Waals surface area contributed by atoms with Gasteiger partial charge in [0.25, 0.3) is 0 Å². The quantitative estimate of drug-likeness (QED) is 0.753. The van der Waals surface area contributed by atoms with E-state index >= 15 is 0 Å². The van der Waals surface area contributed by atoms with E-state index in [9.17, 15) is 9.59 Å². The third-order valence-electron chi connectivity index (χ3n) is 4.90. The summed E-state index contributed by atoms with van der Waals surface area (Å²) in [7, 11) is 1.47. The summed E-state index contributed by atoms with van der Waals surface area (Å²) < 4.78 is 16.0. The first-order valence-corrected chi connectivity index (χ1v) is 9.00. The zero-order chi connectivity index (χ0) is 19.2. The van der Waals surface area contributed by atoms with Gasteiger partial charge in [-0.1, -0.05) is 51.1 Å². The van der Waals surface area contributed by atoms with Crippen LogP contribution in [0.2, 0.25) is 0 Å². The standard InChI is InChI=1S/C20H29NO5/c1-14-10-11-20(2,3)17(14)26-18(22)16(13-24-4)21-19(23)25-12-15-8-6-5-7-9-15/h5-9,14,16-17H,10-13H2,1-4H3,(H,21,23)/t14?,16-,17?/m1/s1. The number of ether oxygens (including phenoxy) is 3. The van der Waals surface area contributed by atoms with Crippen molar-refractivity contribution in [1.29, 1.82) is 0 Å². The molecule has 0 spiro atoms. The average Bonchev–Trinajstić information content (AvgIpc) is 2.87. The first-order chi connectivity index (χ1) is 12.3. The topological polar surface area (TPSA) is 73.9 Å². The molecule has 1 aromatic rings. The highest BCUT2D eigenvalue weighted by Gasteiger charge is 2.43. The summed E-state index contributed by atoms with van der Waals surface area (Å²) in [6.07, 6.45) is 1.18. The summed E-state index contributed by atoms with van der Waals surface area (Å²) in [4.78, 5) is 24.6. The molecule has 3 atom stereocenters. The van der Waals surface area contributed by atoms with Gasteiger partial charge in [-0.15, -0.1) is 0 Å². The maximum Gasteiger partial charge on any atom is 0.408 e. The molecule has 1 aliphatic carbocycles. The molecule has 6 heteroatoms. The van der Waals surface area contributed by atoms with E-state index in [1.165, 1.54) is 7.11 Å². The Kier molecular flexibility index (Phi) is 7.03. The van der Waals surface area contributed by atoms with Crippen LogP contribution in [0.25, 0.3) is 0 Å². The van der Waals surface area contributed by atoms with Crippen molar-refractivity contribution in [2.45, 2.75) is 52.4 Å². The predicted octanol–water partition coefficient (Wildman–Crippen LogP) is 3.30. The molecule has 1 aliphatic rings. The number of esters is 1. The van der Waals surface area contributed by atoms with Crippen LogP contribution in [0.3, 0.4) is 0 Å². The van der Waals surface area contributed by atoms with Gasteiger partial charge < -0.3 is 19.5 Å². The van der Waals surface area contributed by atoms with E-state index in [0.29, 0.717) is 5.92 Å². The highest BCUT2D eigenvalue weighted by molar-refractivity contribution is 5.81. The van der Waals surface area contributed by atoms with Crippen molar-refractivity contribution in [3.63, 3.8) is 0 Å². The predicted molar refractivity (Wildman–Crippen MR) is 97.5 cm³/mol. The molecule has 26 heavy (non-hydrogen) atoms. The van der Waals surface area contributed by atoms with E-state index in [-0.39, 0.29) is 24.7 Å². The zero-order valence-electron chi connectivity index (χ0n) is 16.0. The molecule has 0 radical (unpaired) electrons. The number of nitrogens with one attached hydrogen (secondary N) is 1. The van der Waals surface area contributed by atoms with Gasteiger partial charge in [0.15, 0.2) is 6.04 Å². The summed E-state index contributed by atoms with van der Waals surface area (Å²) >= 11 is 0. The van der Waals surface area contributed by atoms with Gasteiger partial charge >= 0.3 is 12.1 Å². The monoisotopic (exact) mass is 363 g/mol. The highest BCUT2D eigenvalue weighted by atomic mass is 16.6. The molecule has 144 valence electrons. The molecule has 0 heterocycles. The molecular weight excluding hydrogens is 334 g/mol. The van der Waals surface area contributed by atoms with Crippen LogP contribution >= 0.6 is 0 Å². The summed E-state index contributed by atoms with van der Waals surface area (Å²) in [5.41, 5.74) is 0.801. The van der Waals surface area contributed by atoms with Gasteiger partial charge in [0.1, 0.15) is 12.7 Å². The van der Waals surface area contributed by atoms with Crippen molar-refractivity contribution in [1.82, 2.24) is 5.32 Å². The third kappa shape index (κ3) is 5.46. The second kappa shape index (κ2) is 9.03. The minimum absolute atomic E-state index is 0.0286. The Labute approximate surface area is 155 Å². The lowest BCUT2D eigenvalue weighted by atomic mass is 9.87. The number of carbonyl (C=O) groups is 2. The number of benzene rings is 1. The van der Waals surface area contributed by atoms with E-state index in [2.05, 4.69) is 26.1 Å². The van der Waals surface area contributed by atoms with Crippen LogP contribution in [-0.4, -0.2) is 37.9 Å². The lowest BCUT2D eigenvalue weighted by molar-refractivity contribution is -0.159. The zero-order valence-corrected chi connectivity index (χ0v) is 16.0. The molecule has 1 fully saturated rings. The number of methoxy groups -OCH3 is 1. The summed E-state index contributed by atoms with van der Waals surface area (Å²) in [5, 5.41) is 2.54. The average molecular weight is 363 g/mol. The molecule has 1 amide bonds. The van der Waals surface area contributed by atoms with Crippen molar-refractivity contribution >= 4 is 12.1 Å². The van der Waals surface area contributed by atoms with Gasteiger partial charge in [-0.05, 0) is 24.3 Å². The molecule has 0 bridgehead atoms. The lowest BCUT2D eigenvalue weighted by Gasteiger charge is -2.30. The van der Waals surface area contributed by atoms with E-state index in [1.54, 1.807) is 0 Å². The Hall–Kier alpha value is -2.08. The number of carbonyl (C=O) groups excluding carboxylic acids is 2. The molecule has 1 N–H and O–H groups in total. The molecule has 1 saturated carbocycles. The van der Waals surface area contributed by atoms with E-state index in [0.717, 1.165) is 18.4 Å². The van der Waals surface area contributed by atoms with Gasteiger partial charge in [0.2, 0.25) is 0 Å². The largest absolute Gasteiger partial charge is 0.460 e. The fourth-order valence-electron chi connectivity index (χ4n) is 3.39. The van der Waals surface area contributed by atoms with Crippen LogP contribution in [0, 0.1) is 11.3 Å². The first kappa shape index (κ1) is 20.2. The fourth-order valence-corrected chi connectivity index (χ4v) is 3.39. The van der Waals surface area contributed by atoms with Crippen LogP contribution < -0.4 is 5.32 Å². The molecule has 1 aromatic carbocycles. The summed E-state index contributed by atoms with van der Waals surface area (Å²) in [6.45, 7) is 6.44. The molecule has 2 unspecified atom stereocenters. The molecule has 0 aromatic heterocycles. The molecular formula is C20H29NO5. The number of alkyl carbamates (subject to hydrolysis) is 1. The van der Waals surface area contributed by atoms with Crippen LogP contribution in [0.15, 0.2) is 30.3 Å². The molecule has 6 nitrogen and oxygen atoms in total. The number of hydrogen-bond donors (Lipinski definition) is 1. The Morgan fingerprint density at radius 1 is 1.27 bits per heavy atom. The lowest BCUT2D eigenvalue weighted by Crippen LogP contribution is -2.47. The fraction of sp³-hybridized carbons (Fsp3) is 0.600. The van der Waals surface area contributed by atoms with Crippen molar-refractivity contribution in [2.24, 2.45) is 11.3 Å². The second-order valence-corrected chi connectivity index (χ2v) is 7.58. The minimum Gasteiger partial charge on any atom is -0.460 e. The van der Waals surface area contributed by atoms with Crippen LogP contribution in [0.5, 0.6) is 0 Å². The van der Waals surface area contributed by atoms with Gasteiger partial charge in [-0.2, -0.15) is 0 Å². The smallest absolute Gasteiger partial charge is 0.408 e. The van der Waals surface area contributed by atoms with Crippen molar-refractivity contribution in [2.75, 3.05) is 13.7 Å². The highest BCUT2D eigenvalue weighted by Crippen LogP contribution is 2.43. The summed E-state index contributed by atoms with van der Waals surface area (Å²) in [6, 6.07) is 8.44. The van der Waals surface area contributed by atoms with Gasteiger partial charge in [0.05, 0.1) is 6.61 Å². The van der Waals surface area contributed by atoms with Crippen molar-refractivity contribution in [3.8, 4) is 0 Å². The Bertz CT molecular complexity index is 601. The van der Waals surface area contributed by atoms with E-state index < -0.39 is 18.1 Å². The van der Waals surface area contributed by atoms with Gasteiger partial charge in [-0.3, -0.25) is 0 Å². The Balaban J connectivity index is 1.90. The van der Waals surface area contributed by atoms with Crippen LogP contribution in [0.1, 0.15) is 39.2 Å². The van der Waals surface area contributed by atoms with Gasteiger partial charge in [-0.25, -0.2) is 9.59 Å². The summed E-state index contributed by atoms with van der Waals surface area (Å²) in [5.74, 6) is -0.197. The van der Waals surface area contributed by atoms with Crippen molar-refractivity contribution < 1.29 is 23.8 Å². The maximum absolute atomic E-state index is 12.6. The first-order valence-electron chi connectivity index (χ1n) is 9.00. The molecule has 2 rings (SSSR count). The molecule has 0 saturated heterocycles. The number of amides is 1. The molecule has 0 aliphatic heterocycles. The van der Waals surface area contributed by atoms with Gasteiger partial charge in [0, 0.05) is 12.5 Å². The van der Waals surface area contributed by atoms with Crippen molar-refractivity contribution in [3.05, 3.63) is 35.9 Å². The SMILES string of the molecule is COC[C@@H](NC(=O)OCc1ccccc1)C(=O)OC1C(C)CCC1(C)C. The van der Waals surface area contributed by atoms with Crippen LogP contribution in [0.4, 0.5) is 4.79 Å². The normalized spacial score (nSPS) is 22.5. The van der Waals surface area contributed by atoms with Crippen LogP contribution in [-0.2, 0) is 25.6 Å². The van der Waals surface area contributed by atoms with E-state index in [4.69, 9.17) is 14.2 Å². The number of hydrogen-bond acceptors (Lipinski definition) is 5. The number of rotatable bonds is 7. The third-order valence-corrected chi connectivity index (χ3v) is 4.90. The Morgan fingerprint density at radius 3 is 2.54 bits per heavy atom. The van der Waals surface area contributed by atoms with E-state index in [1.807, 2.05) is 30.3 Å². The Morgan fingerprint density at radius 2 is 1.96 bits per heavy atom.